The molecule has 4 heteroatoms. The van der Waals surface area contributed by atoms with Crippen molar-refractivity contribution in [1.29, 1.82) is 0 Å². The molecule has 1 unspecified atom stereocenters. The van der Waals surface area contributed by atoms with Crippen LogP contribution in [0.2, 0.25) is 0 Å². The molecule has 25 heavy (non-hydrogen) atoms. The molecule has 3 aromatic rings. The third-order valence-electron chi connectivity index (χ3n) is 4.92. The molecule has 4 nitrogen and oxygen atoms in total. The van der Waals surface area contributed by atoms with E-state index >= 15 is 0 Å². The summed E-state index contributed by atoms with van der Waals surface area (Å²) in [7, 11) is 0. The first kappa shape index (κ1) is 14.3. The van der Waals surface area contributed by atoms with Crippen molar-refractivity contribution in [3.05, 3.63) is 94.5 Å². The van der Waals surface area contributed by atoms with Crippen molar-refractivity contribution >= 4 is 5.97 Å². The van der Waals surface area contributed by atoms with Gasteiger partial charge in [-0.1, -0.05) is 48.5 Å². The summed E-state index contributed by atoms with van der Waals surface area (Å²) in [6.45, 7) is 0.418. The van der Waals surface area contributed by atoms with E-state index in [0.717, 1.165) is 22.3 Å². The van der Waals surface area contributed by atoms with Gasteiger partial charge in [-0.05, 0) is 23.8 Å². The molecular weight excluding hydrogens is 314 g/mol. The van der Waals surface area contributed by atoms with E-state index < -0.39 is 5.60 Å². The minimum Gasteiger partial charge on any atom is -0.456 e. The summed E-state index contributed by atoms with van der Waals surface area (Å²) in [4.78, 5) is 12.6. The molecule has 5 rings (SSSR count). The molecular formula is C21H15NO3. The average Bonchev–Trinajstić information content (AvgIpc) is 2.95. The maximum absolute atomic E-state index is 12.6. The van der Waals surface area contributed by atoms with Crippen molar-refractivity contribution in [2.45, 2.75) is 12.1 Å². The molecule has 2 heterocycles. The lowest BCUT2D eigenvalue weighted by atomic mass is 9.77. The number of nitrogens with two attached hydrogens (primary N) is 1. The molecule has 0 aliphatic carbocycles. The Labute approximate surface area is 144 Å². The van der Waals surface area contributed by atoms with Crippen LogP contribution in [0.1, 0.15) is 32.6 Å². The van der Waals surface area contributed by atoms with Gasteiger partial charge in [-0.25, -0.2) is 4.79 Å². The molecule has 1 atom stereocenters. The highest BCUT2D eigenvalue weighted by atomic mass is 16.6. The Kier molecular flexibility index (Phi) is 2.82. The van der Waals surface area contributed by atoms with Crippen LogP contribution in [0.3, 0.4) is 0 Å². The maximum Gasteiger partial charge on any atom is 0.340 e. The van der Waals surface area contributed by atoms with Gasteiger partial charge in [-0.3, -0.25) is 0 Å². The van der Waals surface area contributed by atoms with Gasteiger partial charge < -0.3 is 15.2 Å². The SMILES string of the molecule is NCc1ccc2c(c1)Oc1ccccc1C21OC(=O)c2ccccc21. The van der Waals surface area contributed by atoms with E-state index in [1.807, 2.05) is 60.7 Å². The first-order chi connectivity index (χ1) is 12.2. The zero-order valence-electron chi connectivity index (χ0n) is 13.4. The van der Waals surface area contributed by atoms with E-state index in [2.05, 4.69) is 0 Å². The van der Waals surface area contributed by atoms with Crippen LogP contribution in [0.25, 0.3) is 0 Å². The lowest BCUT2D eigenvalue weighted by molar-refractivity contribution is 0.0224. The number of rotatable bonds is 1. The van der Waals surface area contributed by atoms with Crippen LogP contribution in [0.4, 0.5) is 0 Å². The van der Waals surface area contributed by atoms with E-state index in [-0.39, 0.29) is 5.97 Å². The van der Waals surface area contributed by atoms with Crippen LogP contribution < -0.4 is 10.5 Å². The van der Waals surface area contributed by atoms with Crippen LogP contribution in [0.15, 0.2) is 66.7 Å². The zero-order valence-corrected chi connectivity index (χ0v) is 13.4. The summed E-state index contributed by atoms with van der Waals surface area (Å²) in [5.74, 6) is 1.04. The van der Waals surface area contributed by atoms with Gasteiger partial charge >= 0.3 is 5.97 Å². The number of carbonyl (C=O) groups excluding carboxylic acids is 1. The predicted molar refractivity (Wildman–Crippen MR) is 92.6 cm³/mol. The second kappa shape index (κ2) is 4.94. The lowest BCUT2D eigenvalue weighted by Gasteiger charge is -2.36. The number of hydrogen-bond donors (Lipinski definition) is 1. The van der Waals surface area contributed by atoms with E-state index in [1.165, 1.54) is 0 Å². The molecule has 1 spiro atoms. The standard InChI is InChI=1S/C21H15NO3/c22-12-13-9-10-17-19(11-13)24-18-8-4-3-7-16(18)21(17)15-6-2-1-5-14(15)20(23)25-21/h1-11H,12,22H2. The average molecular weight is 329 g/mol. The van der Waals surface area contributed by atoms with Gasteiger partial charge in [0.1, 0.15) is 11.5 Å². The minimum atomic E-state index is -0.981. The molecule has 0 saturated carbocycles. The van der Waals surface area contributed by atoms with E-state index in [9.17, 15) is 4.79 Å². The number of ether oxygens (including phenoxy) is 2. The van der Waals surface area contributed by atoms with Gasteiger partial charge in [-0.15, -0.1) is 0 Å². The maximum atomic E-state index is 12.6. The van der Waals surface area contributed by atoms with Crippen molar-refractivity contribution in [2.75, 3.05) is 0 Å². The number of fused-ring (bicyclic) bond motifs is 6. The minimum absolute atomic E-state index is 0.318. The third-order valence-corrected chi connectivity index (χ3v) is 4.92. The Balaban J connectivity index is 1.88. The fourth-order valence-corrected chi connectivity index (χ4v) is 3.80. The second-order valence-electron chi connectivity index (χ2n) is 6.25. The normalized spacial score (nSPS) is 19.6. The van der Waals surface area contributed by atoms with Crippen molar-refractivity contribution in [1.82, 2.24) is 0 Å². The molecule has 0 aromatic heterocycles. The van der Waals surface area contributed by atoms with E-state index in [0.29, 0.717) is 23.6 Å². The Hall–Kier alpha value is -3.11. The summed E-state index contributed by atoms with van der Waals surface area (Å²) < 4.78 is 12.1. The van der Waals surface area contributed by atoms with Gasteiger partial charge in [0.2, 0.25) is 0 Å². The highest BCUT2D eigenvalue weighted by Gasteiger charge is 2.53. The van der Waals surface area contributed by atoms with Crippen LogP contribution in [-0.4, -0.2) is 5.97 Å². The molecule has 122 valence electrons. The molecule has 2 N–H and O–H groups in total. The first-order valence-corrected chi connectivity index (χ1v) is 8.18. The Morgan fingerprint density at radius 1 is 0.840 bits per heavy atom. The summed E-state index contributed by atoms with van der Waals surface area (Å²) in [6.07, 6.45) is 0. The Morgan fingerprint density at radius 3 is 2.40 bits per heavy atom. The fourth-order valence-electron chi connectivity index (χ4n) is 3.80. The van der Waals surface area contributed by atoms with E-state index in [4.69, 9.17) is 15.2 Å². The van der Waals surface area contributed by atoms with Crippen LogP contribution in [0.5, 0.6) is 11.5 Å². The molecule has 0 radical (unpaired) electrons. The van der Waals surface area contributed by atoms with Gasteiger partial charge in [0.25, 0.3) is 0 Å². The third kappa shape index (κ3) is 1.77. The quantitative estimate of drug-likeness (QED) is 0.691. The number of benzene rings is 3. The van der Waals surface area contributed by atoms with Gasteiger partial charge in [0.15, 0.2) is 5.60 Å². The van der Waals surface area contributed by atoms with E-state index in [1.54, 1.807) is 6.07 Å². The highest BCUT2D eigenvalue weighted by molar-refractivity contribution is 5.97. The Morgan fingerprint density at radius 2 is 1.56 bits per heavy atom. The number of hydrogen-bond acceptors (Lipinski definition) is 4. The zero-order chi connectivity index (χ0) is 17.0. The van der Waals surface area contributed by atoms with Crippen molar-refractivity contribution < 1.29 is 14.3 Å². The van der Waals surface area contributed by atoms with Gasteiger partial charge in [-0.2, -0.15) is 0 Å². The molecule has 2 aliphatic rings. The van der Waals surface area contributed by atoms with Crippen molar-refractivity contribution in [2.24, 2.45) is 5.73 Å². The van der Waals surface area contributed by atoms with Gasteiger partial charge in [0, 0.05) is 23.2 Å². The lowest BCUT2D eigenvalue weighted by Crippen LogP contribution is -2.33. The number of carbonyl (C=O) groups is 1. The smallest absolute Gasteiger partial charge is 0.340 e. The number of esters is 1. The van der Waals surface area contributed by atoms with Crippen LogP contribution in [-0.2, 0) is 16.9 Å². The summed E-state index contributed by atoms with van der Waals surface area (Å²) in [5.41, 5.74) is 8.85. The monoisotopic (exact) mass is 329 g/mol. The summed E-state index contributed by atoms with van der Waals surface area (Å²) in [5, 5.41) is 0. The molecule has 3 aromatic carbocycles. The fraction of sp³-hybridized carbons (Fsp3) is 0.0952. The van der Waals surface area contributed by atoms with Crippen LogP contribution in [0, 0.1) is 0 Å². The topological polar surface area (TPSA) is 61.6 Å². The summed E-state index contributed by atoms with van der Waals surface area (Å²) >= 11 is 0. The predicted octanol–water partition coefficient (Wildman–Crippen LogP) is 3.71. The molecule has 0 saturated heterocycles. The van der Waals surface area contributed by atoms with Crippen molar-refractivity contribution in [3.8, 4) is 11.5 Å². The molecule has 0 amide bonds. The molecule has 0 bridgehead atoms. The summed E-state index contributed by atoms with van der Waals surface area (Å²) in [6, 6.07) is 21.0. The van der Waals surface area contributed by atoms with Crippen molar-refractivity contribution in [3.63, 3.8) is 0 Å². The first-order valence-electron chi connectivity index (χ1n) is 8.18. The van der Waals surface area contributed by atoms with Gasteiger partial charge in [0.05, 0.1) is 5.56 Å². The number of para-hydroxylation sites is 1. The Bertz CT molecular complexity index is 1030. The second-order valence-corrected chi connectivity index (χ2v) is 6.25. The largest absolute Gasteiger partial charge is 0.456 e. The molecule has 2 aliphatic heterocycles. The highest BCUT2D eigenvalue weighted by Crippen LogP contribution is 2.55. The van der Waals surface area contributed by atoms with Crippen LogP contribution >= 0.6 is 0 Å². The molecule has 0 fully saturated rings.